The Kier molecular flexibility index (Phi) is 7.69. The summed E-state index contributed by atoms with van der Waals surface area (Å²) in [4.78, 5) is 0. The van der Waals surface area contributed by atoms with Gasteiger partial charge in [-0.2, -0.15) is 0 Å². The lowest BCUT2D eigenvalue weighted by Gasteiger charge is -2.62. The molecule has 4 saturated carbocycles. The van der Waals surface area contributed by atoms with Gasteiger partial charge in [-0.25, -0.2) is 0 Å². The summed E-state index contributed by atoms with van der Waals surface area (Å²) in [6.45, 7) is 16.7. The zero-order valence-corrected chi connectivity index (χ0v) is 24.1. The van der Waals surface area contributed by atoms with Gasteiger partial charge in [0.1, 0.15) is 11.9 Å². The van der Waals surface area contributed by atoms with Crippen LogP contribution in [-0.2, 0) is 0 Å². The molecule has 1 aromatic rings. The summed E-state index contributed by atoms with van der Waals surface area (Å²) in [5, 5.41) is 0. The molecule has 0 amide bonds. The van der Waals surface area contributed by atoms with Crippen molar-refractivity contribution in [3.63, 3.8) is 0 Å². The first-order valence-electron chi connectivity index (χ1n) is 15.7. The maximum absolute atomic E-state index is 6.90. The Bertz CT molecular complexity index is 884. The quantitative estimate of drug-likeness (QED) is 0.352. The largest absolute Gasteiger partial charge is 0.490 e. The van der Waals surface area contributed by atoms with Crippen molar-refractivity contribution in [2.45, 2.75) is 118 Å². The summed E-state index contributed by atoms with van der Waals surface area (Å²) in [5.41, 5.74) is 2.09. The van der Waals surface area contributed by atoms with E-state index in [1.807, 2.05) is 6.08 Å². The van der Waals surface area contributed by atoms with Crippen LogP contribution in [0.3, 0.4) is 0 Å². The predicted molar refractivity (Wildman–Crippen MR) is 154 cm³/mol. The molecule has 200 valence electrons. The van der Waals surface area contributed by atoms with E-state index >= 15 is 0 Å². The van der Waals surface area contributed by atoms with E-state index in [1.54, 1.807) is 0 Å². The molecular formula is C35H54O. The summed E-state index contributed by atoms with van der Waals surface area (Å²) < 4.78 is 6.90. The molecule has 36 heavy (non-hydrogen) atoms. The molecule has 0 bridgehead atoms. The highest BCUT2D eigenvalue weighted by atomic mass is 16.5. The molecule has 1 heteroatoms. The van der Waals surface area contributed by atoms with Gasteiger partial charge < -0.3 is 4.74 Å². The maximum Gasteiger partial charge on any atom is 0.119 e. The third-order valence-electron chi connectivity index (χ3n) is 12.3. The highest BCUT2D eigenvalue weighted by Gasteiger charge is 2.62. The second-order valence-electron chi connectivity index (χ2n) is 14.4. The second kappa shape index (κ2) is 10.5. The molecule has 4 aliphatic rings. The van der Waals surface area contributed by atoms with Crippen LogP contribution >= 0.6 is 0 Å². The smallest absolute Gasteiger partial charge is 0.119 e. The number of rotatable bonds is 8. The van der Waals surface area contributed by atoms with Crippen LogP contribution in [0.25, 0.3) is 6.08 Å². The van der Waals surface area contributed by atoms with Crippen LogP contribution in [-0.4, -0.2) is 6.10 Å². The van der Waals surface area contributed by atoms with Crippen molar-refractivity contribution in [3.05, 3.63) is 36.4 Å². The van der Waals surface area contributed by atoms with Crippen molar-refractivity contribution < 1.29 is 4.74 Å². The number of ether oxygens (including phenoxy) is 1. The van der Waals surface area contributed by atoms with Gasteiger partial charge >= 0.3 is 0 Å². The third kappa shape index (κ3) is 4.60. The Morgan fingerprint density at radius 2 is 1.69 bits per heavy atom. The second-order valence-corrected chi connectivity index (χ2v) is 14.4. The molecule has 4 fully saturated rings. The van der Waals surface area contributed by atoms with Gasteiger partial charge in [0.15, 0.2) is 0 Å². The lowest BCUT2D eigenvalue weighted by atomic mass is 9.44. The maximum atomic E-state index is 6.90. The van der Waals surface area contributed by atoms with E-state index in [-0.39, 0.29) is 0 Å². The molecule has 0 spiro atoms. The standard InChI is InChI=1S/C35H54O/c1-7-26-14-17-28(18-15-26)36-33-13-9-12-27-16-19-29-31-21-20-30(25(4)11-8-10-24(2)3)34(31,5)23-22-32(29)35(27,33)6/h7,14-15,17-18,24-25,27,29-33H,1,8-13,16,19-23H2,2-6H3/t25-,27?,29+,30-,31+,32+,33?,34-,35+/m1/s1. The highest BCUT2D eigenvalue weighted by molar-refractivity contribution is 5.48. The zero-order valence-electron chi connectivity index (χ0n) is 24.1. The number of hydrogen-bond donors (Lipinski definition) is 0. The van der Waals surface area contributed by atoms with E-state index in [1.165, 1.54) is 82.6 Å². The minimum atomic E-state index is 0.334. The Morgan fingerprint density at radius 3 is 2.42 bits per heavy atom. The zero-order chi connectivity index (χ0) is 25.5. The van der Waals surface area contributed by atoms with Crippen molar-refractivity contribution in [2.75, 3.05) is 0 Å². The summed E-state index contributed by atoms with van der Waals surface area (Å²) in [6, 6.07) is 8.65. The summed E-state index contributed by atoms with van der Waals surface area (Å²) in [5.74, 6) is 7.32. The monoisotopic (exact) mass is 490 g/mol. The fourth-order valence-electron chi connectivity index (χ4n) is 10.3. The summed E-state index contributed by atoms with van der Waals surface area (Å²) in [6.07, 6.45) is 19.4. The first-order valence-corrected chi connectivity index (χ1v) is 15.7. The molecule has 0 aliphatic heterocycles. The Morgan fingerprint density at radius 1 is 0.917 bits per heavy atom. The van der Waals surface area contributed by atoms with Crippen LogP contribution in [0.2, 0.25) is 0 Å². The van der Waals surface area contributed by atoms with Gasteiger partial charge in [-0.1, -0.05) is 78.7 Å². The average molecular weight is 491 g/mol. The van der Waals surface area contributed by atoms with E-state index in [9.17, 15) is 0 Å². The van der Waals surface area contributed by atoms with E-state index in [2.05, 4.69) is 65.5 Å². The number of fused-ring (bicyclic) bond motifs is 5. The van der Waals surface area contributed by atoms with E-state index in [0.29, 0.717) is 16.9 Å². The summed E-state index contributed by atoms with van der Waals surface area (Å²) in [7, 11) is 0. The minimum absolute atomic E-state index is 0.334. The normalized spacial score (nSPS) is 40.7. The van der Waals surface area contributed by atoms with Gasteiger partial charge in [-0.15, -0.1) is 0 Å². The molecule has 0 radical (unpaired) electrons. The van der Waals surface area contributed by atoms with E-state index in [4.69, 9.17) is 4.74 Å². The van der Waals surface area contributed by atoms with Crippen LogP contribution in [0.5, 0.6) is 5.75 Å². The lowest BCUT2D eigenvalue weighted by molar-refractivity contribution is -0.157. The van der Waals surface area contributed by atoms with Crippen LogP contribution < -0.4 is 4.74 Å². The first-order chi connectivity index (χ1) is 17.3. The highest BCUT2D eigenvalue weighted by Crippen LogP contribution is 2.68. The molecule has 1 nitrogen and oxygen atoms in total. The van der Waals surface area contributed by atoms with E-state index < -0.39 is 0 Å². The number of benzene rings is 1. The Labute approximate surface area is 222 Å². The van der Waals surface area contributed by atoms with Crippen molar-refractivity contribution in [1.82, 2.24) is 0 Å². The van der Waals surface area contributed by atoms with Gasteiger partial charge in [0, 0.05) is 5.41 Å². The van der Waals surface area contributed by atoms with Gasteiger partial charge in [0.2, 0.25) is 0 Å². The lowest BCUT2D eigenvalue weighted by Crippen LogP contribution is -2.59. The van der Waals surface area contributed by atoms with E-state index in [0.717, 1.165) is 47.2 Å². The number of hydrogen-bond acceptors (Lipinski definition) is 1. The van der Waals surface area contributed by atoms with Gasteiger partial charge in [0.25, 0.3) is 0 Å². The molecule has 4 aliphatic carbocycles. The molecule has 9 atom stereocenters. The van der Waals surface area contributed by atoms with Crippen molar-refractivity contribution in [3.8, 4) is 5.75 Å². The van der Waals surface area contributed by atoms with Crippen LogP contribution in [0.15, 0.2) is 30.8 Å². The molecule has 5 rings (SSSR count). The third-order valence-corrected chi connectivity index (χ3v) is 12.3. The molecule has 0 aromatic heterocycles. The molecular weight excluding hydrogens is 436 g/mol. The fraction of sp³-hybridized carbons (Fsp3) is 0.771. The van der Waals surface area contributed by atoms with Gasteiger partial charge in [-0.3, -0.25) is 0 Å². The van der Waals surface area contributed by atoms with Gasteiger partial charge in [-0.05, 0) is 122 Å². The van der Waals surface area contributed by atoms with Crippen LogP contribution in [0, 0.1) is 52.3 Å². The van der Waals surface area contributed by atoms with Crippen LogP contribution in [0.4, 0.5) is 0 Å². The average Bonchev–Trinajstić information content (AvgIpc) is 3.22. The Hall–Kier alpha value is -1.24. The molecule has 0 saturated heterocycles. The van der Waals surface area contributed by atoms with Crippen molar-refractivity contribution in [1.29, 1.82) is 0 Å². The SMILES string of the molecule is C=Cc1ccc(OC2CCCC3CC[C@@H]4[C@H](CC[C@]5(C)[C@@H]([C@H](C)CCCC(C)C)CC[C@@H]45)[C@]32C)cc1. The Balaban J connectivity index is 1.33. The molecule has 0 heterocycles. The summed E-state index contributed by atoms with van der Waals surface area (Å²) >= 11 is 0. The molecule has 0 N–H and O–H groups in total. The van der Waals surface area contributed by atoms with Gasteiger partial charge in [0.05, 0.1) is 0 Å². The van der Waals surface area contributed by atoms with Crippen molar-refractivity contribution in [2.24, 2.45) is 52.3 Å². The molecule has 1 aromatic carbocycles. The fourth-order valence-corrected chi connectivity index (χ4v) is 10.3. The first kappa shape index (κ1) is 26.4. The minimum Gasteiger partial charge on any atom is -0.490 e. The molecule has 2 unspecified atom stereocenters. The van der Waals surface area contributed by atoms with Crippen LogP contribution in [0.1, 0.15) is 117 Å². The topological polar surface area (TPSA) is 9.23 Å². The predicted octanol–water partition coefficient (Wildman–Crippen LogP) is 10.2. The van der Waals surface area contributed by atoms with Crippen molar-refractivity contribution >= 4 is 6.08 Å².